The Morgan fingerprint density at radius 2 is 1.75 bits per heavy atom. The minimum absolute atomic E-state index is 0.0769. The topological polar surface area (TPSA) is 67.8 Å². The summed E-state index contributed by atoms with van der Waals surface area (Å²) in [5.74, 6) is 0.647. The van der Waals surface area contributed by atoms with Gasteiger partial charge in [-0.15, -0.1) is 0 Å². The van der Waals surface area contributed by atoms with Gasteiger partial charge < -0.3 is 4.74 Å². The fourth-order valence-corrected chi connectivity index (χ4v) is 3.55. The molecule has 0 saturated carbocycles. The summed E-state index contributed by atoms with van der Waals surface area (Å²) in [6, 6.07) is 21.0. The standard InChI is InChI=1S/C20H16BrClN2O3S/c21-20-11-8-18(27-14-15-4-2-1-3-5-15)12-16(20)13-23-24-28(25,26)19-9-6-17(22)7-10-19/h1-13,24H,14H2/b23-13+. The second-order valence-electron chi connectivity index (χ2n) is 5.76. The molecule has 0 unspecified atom stereocenters. The molecule has 0 aromatic heterocycles. The summed E-state index contributed by atoms with van der Waals surface area (Å²) < 4.78 is 31.0. The summed E-state index contributed by atoms with van der Waals surface area (Å²) >= 11 is 9.20. The van der Waals surface area contributed by atoms with Gasteiger partial charge in [-0.2, -0.15) is 13.5 Å². The fourth-order valence-electron chi connectivity index (χ4n) is 2.28. The van der Waals surface area contributed by atoms with E-state index in [-0.39, 0.29) is 4.90 Å². The molecule has 0 bridgehead atoms. The number of halogens is 2. The van der Waals surface area contributed by atoms with Crippen LogP contribution in [0.25, 0.3) is 0 Å². The van der Waals surface area contributed by atoms with Crippen LogP contribution in [0.1, 0.15) is 11.1 Å². The summed E-state index contributed by atoms with van der Waals surface area (Å²) in [4.78, 5) is 2.26. The molecule has 5 nitrogen and oxygen atoms in total. The van der Waals surface area contributed by atoms with Gasteiger partial charge in [0.1, 0.15) is 12.4 Å². The average molecular weight is 480 g/mol. The molecule has 144 valence electrons. The van der Waals surface area contributed by atoms with Crippen LogP contribution in [0.2, 0.25) is 5.02 Å². The van der Waals surface area contributed by atoms with Gasteiger partial charge in [-0.1, -0.05) is 57.9 Å². The molecule has 8 heteroatoms. The Labute approximate surface area is 177 Å². The zero-order valence-electron chi connectivity index (χ0n) is 14.5. The van der Waals surface area contributed by atoms with E-state index in [0.717, 1.165) is 10.0 Å². The highest BCUT2D eigenvalue weighted by Crippen LogP contribution is 2.22. The van der Waals surface area contributed by atoms with Crippen molar-refractivity contribution in [3.05, 3.63) is 93.4 Å². The second kappa shape index (κ2) is 9.23. The van der Waals surface area contributed by atoms with Crippen molar-refractivity contribution < 1.29 is 13.2 Å². The van der Waals surface area contributed by atoms with E-state index >= 15 is 0 Å². The smallest absolute Gasteiger partial charge is 0.276 e. The summed E-state index contributed by atoms with van der Waals surface area (Å²) in [5.41, 5.74) is 1.72. The Kier molecular flexibility index (Phi) is 6.72. The lowest BCUT2D eigenvalue weighted by Crippen LogP contribution is -2.18. The van der Waals surface area contributed by atoms with Crippen molar-refractivity contribution in [1.29, 1.82) is 0 Å². The number of nitrogens with one attached hydrogen (secondary N) is 1. The number of sulfonamides is 1. The van der Waals surface area contributed by atoms with Crippen molar-refractivity contribution in [1.82, 2.24) is 4.83 Å². The minimum atomic E-state index is -3.77. The molecular formula is C20H16BrClN2O3S. The number of ether oxygens (including phenoxy) is 1. The largest absolute Gasteiger partial charge is 0.489 e. The third-order valence-electron chi connectivity index (χ3n) is 3.72. The lowest BCUT2D eigenvalue weighted by Gasteiger charge is -2.08. The summed E-state index contributed by atoms with van der Waals surface area (Å²) in [6.45, 7) is 0.433. The quantitative estimate of drug-likeness (QED) is 0.383. The molecule has 0 radical (unpaired) electrons. The Morgan fingerprint density at radius 3 is 2.46 bits per heavy atom. The van der Waals surface area contributed by atoms with Crippen LogP contribution < -0.4 is 9.57 Å². The maximum atomic E-state index is 12.2. The SMILES string of the molecule is O=S(=O)(N/N=C/c1cc(OCc2ccccc2)ccc1Br)c1ccc(Cl)cc1. The van der Waals surface area contributed by atoms with Crippen LogP contribution in [0.5, 0.6) is 5.75 Å². The number of nitrogens with zero attached hydrogens (tertiary/aromatic N) is 1. The molecular weight excluding hydrogens is 464 g/mol. The number of hydrogen-bond donors (Lipinski definition) is 1. The third-order valence-corrected chi connectivity index (χ3v) is 5.93. The van der Waals surface area contributed by atoms with Crippen LogP contribution in [0, 0.1) is 0 Å². The van der Waals surface area contributed by atoms with Crippen LogP contribution in [0.15, 0.2) is 87.3 Å². The molecule has 3 aromatic rings. The molecule has 0 heterocycles. The first-order valence-corrected chi connectivity index (χ1v) is 10.9. The molecule has 0 aliphatic carbocycles. The zero-order valence-corrected chi connectivity index (χ0v) is 17.7. The zero-order chi connectivity index (χ0) is 20.0. The van der Waals surface area contributed by atoms with Crippen molar-refractivity contribution in [2.24, 2.45) is 5.10 Å². The van der Waals surface area contributed by atoms with Gasteiger partial charge in [-0.25, -0.2) is 4.83 Å². The van der Waals surface area contributed by atoms with Gasteiger partial charge in [0.2, 0.25) is 0 Å². The van der Waals surface area contributed by atoms with Gasteiger partial charge in [0.05, 0.1) is 11.1 Å². The van der Waals surface area contributed by atoms with Crippen LogP contribution in [-0.2, 0) is 16.6 Å². The lowest BCUT2D eigenvalue weighted by molar-refractivity contribution is 0.306. The number of rotatable bonds is 7. The number of hydrazone groups is 1. The number of hydrogen-bond acceptors (Lipinski definition) is 4. The summed E-state index contributed by atoms with van der Waals surface area (Å²) in [7, 11) is -3.77. The highest BCUT2D eigenvalue weighted by Gasteiger charge is 2.12. The maximum Gasteiger partial charge on any atom is 0.276 e. The Morgan fingerprint density at radius 1 is 1.04 bits per heavy atom. The van der Waals surface area contributed by atoms with Crippen molar-refractivity contribution in [3.8, 4) is 5.75 Å². The predicted octanol–water partition coefficient (Wildman–Crippen LogP) is 4.99. The van der Waals surface area contributed by atoms with Gasteiger partial charge in [0.15, 0.2) is 0 Å². The number of benzene rings is 3. The molecule has 0 aliphatic rings. The van der Waals surface area contributed by atoms with E-state index in [1.165, 1.54) is 30.5 Å². The third kappa shape index (κ3) is 5.58. The monoisotopic (exact) mass is 478 g/mol. The first-order valence-electron chi connectivity index (χ1n) is 8.21. The Balaban J connectivity index is 1.68. The predicted molar refractivity (Wildman–Crippen MR) is 114 cm³/mol. The van der Waals surface area contributed by atoms with Crippen molar-refractivity contribution in [2.45, 2.75) is 11.5 Å². The molecule has 0 amide bonds. The minimum Gasteiger partial charge on any atom is -0.489 e. The molecule has 0 spiro atoms. The van der Waals surface area contributed by atoms with Gasteiger partial charge in [-0.05, 0) is 48.0 Å². The van der Waals surface area contributed by atoms with Crippen molar-refractivity contribution >= 4 is 43.8 Å². The average Bonchev–Trinajstić information content (AvgIpc) is 2.69. The van der Waals surface area contributed by atoms with Crippen molar-refractivity contribution in [2.75, 3.05) is 0 Å². The Bertz CT molecular complexity index is 1070. The van der Waals surface area contributed by atoms with E-state index in [4.69, 9.17) is 16.3 Å². The first-order chi connectivity index (χ1) is 13.4. The lowest BCUT2D eigenvalue weighted by atomic mass is 10.2. The first kappa shape index (κ1) is 20.4. The van der Waals surface area contributed by atoms with E-state index < -0.39 is 10.0 Å². The van der Waals surface area contributed by atoms with Crippen LogP contribution >= 0.6 is 27.5 Å². The normalized spacial score (nSPS) is 11.5. The van der Waals surface area contributed by atoms with E-state index in [2.05, 4.69) is 25.9 Å². The highest BCUT2D eigenvalue weighted by atomic mass is 79.9. The molecule has 1 N–H and O–H groups in total. The van der Waals surface area contributed by atoms with Gasteiger partial charge in [0.25, 0.3) is 10.0 Å². The molecule has 3 aromatic carbocycles. The van der Waals surface area contributed by atoms with E-state index in [1.807, 2.05) is 42.5 Å². The molecule has 0 fully saturated rings. The molecule has 28 heavy (non-hydrogen) atoms. The summed E-state index contributed by atoms with van der Waals surface area (Å²) in [5, 5.41) is 4.31. The fraction of sp³-hybridized carbons (Fsp3) is 0.0500. The molecule has 0 saturated heterocycles. The van der Waals surface area contributed by atoms with Crippen molar-refractivity contribution in [3.63, 3.8) is 0 Å². The van der Waals surface area contributed by atoms with Gasteiger partial charge in [-0.3, -0.25) is 0 Å². The molecule has 0 aliphatic heterocycles. The Hall–Kier alpha value is -2.35. The highest BCUT2D eigenvalue weighted by molar-refractivity contribution is 9.10. The van der Waals surface area contributed by atoms with Gasteiger partial charge >= 0.3 is 0 Å². The van der Waals surface area contributed by atoms with Crippen LogP contribution in [0.3, 0.4) is 0 Å². The molecule has 0 atom stereocenters. The van der Waals surface area contributed by atoms with Gasteiger partial charge in [0, 0.05) is 15.1 Å². The summed E-state index contributed by atoms with van der Waals surface area (Å²) in [6.07, 6.45) is 1.41. The van der Waals surface area contributed by atoms with E-state index in [9.17, 15) is 8.42 Å². The second-order valence-corrected chi connectivity index (χ2v) is 8.72. The maximum absolute atomic E-state index is 12.2. The van der Waals surface area contributed by atoms with Crippen LogP contribution in [0.4, 0.5) is 0 Å². The van der Waals surface area contributed by atoms with E-state index in [0.29, 0.717) is 22.9 Å². The molecule has 3 rings (SSSR count). The van der Waals surface area contributed by atoms with E-state index in [1.54, 1.807) is 6.07 Å². The van der Waals surface area contributed by atoms with Crippen LogP contribution in [-0.4, -0.2) is 14.6 Å².